The molecular formula is C14H20N4O. The summed E-state index contributed by atoms with van der Waals surface area (Å²) in [6.45, 7) is 3.26. The smallest absolute Gasteiger partial charge is 0.317 e. The van der Waals surface area contributed by atoms with Crippen LogP contribution in [0.2, 0.25) is 0 Å². The highest BCUT2D eigenvalue weighted by molar-refractivity contribution is 5.75. The summed E-state index contributed by atoms with van der Waals surface area (Å²) in [7, 11) is 0. The van der Waals surface area contributed by atoms with Crippen molar-refractivity contribution in [1.29, 1.82) is 0 Å². The maximum absolute atomic E-state index is 12.0. The second-order valence-corrected chi connectivity index (χ2v) is 5.24. The van der Waals surface area contributed by atoms with Gasteiger partial charge < -0.3 is 15.1 Å². The number of piperazine rings is 1. The Balaban J connectivity index is 1.50. The average Bonchev–Trinajstić information content (AvgIpc) is 2.44. The highest BCUT2D eigenvalue weighted by atomic mass is 16.2. The lowest BCUT2D eigenvalue weighted by Crippen LogP contribution is -2.54. The predicted molar refractivity (Wildman–Crippen MR) is 74.2 cm³/mol. The van der Waals surface area contributed by atoms with Crippen molar-refractivity contribution < 1.29 is 4.79 Å². The van der Waals surface area contributed by atoms with Crippen molar-refractivity contribution in [2.75, 3.05) is 31.1 Å². The molecule has 2 amide bonds. The van der Waals surface area contributed by atoms with Gasteiger partial charge in [0.15, 0.2) is 0 Å². The zero-order valence-electron chi connectivity index (χ0n) is 11.1. The van der Waals surface area contributed by atoms with Gasteiger partial charge in [-0.1, -0.05) is 6.07 Å². The lowest BCUT2D eigenvalue weighted by Gasteiger charge is -2.37. The molecule has 1 aliphatic heterocycles. The first-order valence-corrected chi connectivity index (χ1v) is 7.04. The van der Waals surface area contributed by atoms with Crippen molar-refractivity contribution >= 4 is 11.8 Å². The van der Waals surface area contributed by atoms with E-state index in [2.05, 4.69) is 15.2 Å². The third-order valence-electron chi connectivity index (χ3n) is 3.97. The molecule has 19 heavy (non-hydrogen) atoms. The van der Waals surface area contributed by atoms with E-state index in [-0.39, 0.29) is 6.03 Å². The fourth-order valence-electron chi connectivity index (χ4n) is 2.50. The van der Waals surface area contributed by atoms with Crippen molar-refractivity contribution in [2.45, 2.75) is 25.3 Å². The summed E-state index contributed by atoms with van der Waals surface area (Å²) in [6.07, 6.45) is 5.34. The first kappa shape index (κ1) is 12.3. The molecule has 0 aromatic carbocycles. The summed E-state index contributed by atoms with van der Waals surface area (Å²) < 4.78 is 0. The van der Waals surface area contributed by atoms with Crippen LogP contribution in [-0.2, 0) is 0 Å². The molecule has 1 saturated heterocycles. The van der Waals surface area contributed by atoms with Crippen LogP contribution in [0, 0.1) is 0 Å². The molecule has 2 heterocycles. The summed E-state index contributed by atoms with van der Waals surface area (Å²) in [5.41, 5.74) is 0. The molecule has 0 radical (unpaired) electrons. The van der Waals surface area contributed by atoms with Gasteiger partial charge in [-0.3, -0.25) is 0 Å². The van der Waals surface area contributed by atoms with Gasteiger partial charge in [-0.25, -0.2) is 9.78 Å². The number of hydrogen-bond acceptors (Lipinski definition) is 3. The van der Waals surface area contributed by atoms with Crippen LogP contribution in [-0.4, -0.2) is 48.1 Å². The van der Waals surface area contributed by atoms with Crippen molar-refractivity contribution in [1.82, 2.24) is 15.2 Å². The van der Waals surface area contributed by atoms with Crippen LogP contribution in [0.15, 0.2) is 24.4 Å². The number of hydrogen-bond donors (Lipinski definition) is 1. The van der Waals surface area contributed by atoms with Gasteiger partial charge in [0.1, 0.15) is 5.82 Å². The largest absolute Gasteiger partial charge is 0.353 e. The molecule has 1 aliphatic carbocycles. The highest BCUT2D eigenvalue weighted by Gasteiger charge is 2.25. The van der Waals surface area contributed by atoms with Gasteiger partial charge in [0.25, 0.3) is 0 Å². The van der Waals surface area contributed by atoms with E-state index in [1.165, 1.54) is 6.42 Å². The quantitative estimate of drug-likeness (QED) is 0.876. The van der Waals surface area contributed by atoms with E-state index in [0.717, 1.165) is 44.8 Å². The molecule has 102 valence electrons. The molecule has 0 spiro atoms. The Morgan fingerprint density at radius 1 is 1.21 bits per heavy atom. The Hall–Kier alpha value is -1.78. The van der Waals surface area contributed by atoms with Gasteiger partial charge in [-0.2, -0.15) is 0 Å². The van der Waals surface area contributed by atoms with Gasteiger partial charge in [-0.05, 0) is 31.4 Å². The van der Waals surface area contributed by atoms with E-state index in [1.807, 2.05) is 29.3 Å². The minimum Gasteiger partial charge on any atom is -0.353 e. The molecule has 5 nitrogen and oxygen atoms in total. The number of nitrogens with zero attached hydrogens (tertiary/aromatic N) is 3. The van der Waals surface area contributed by atoms with Gasteiger partial charge >= 0.3 is 6.03 Å². The number of amides is 2. The fourth-order valence-corrected chi connectivity index (χ4v) is 2.50. The summed E-state index contributed by atoms with van der Waals surface area (Å²) in [4.78, 5) is 20.5. The van der Waals surface area contributed by atoms with Gasteiger partial charge in [-0.15, -0.1) is 0 Å². The van der Waals surface area contributed by atoms with Crippen molar-refractivity contribution in [3.8, 4) is 0 Å². The first-order chi connectivity index (χ1) is 9.33. The third-order valence-corrected chi connectivity index (χ3v) is 3.97. The number of carbonyl (C=O) groups excluding carboxylic acids is 1. The summed E-state index contributed by atoms with van der Waals surface area (Å²) in [5.74, 6) is 1.00. The van der Waals surface area contributed by atoms with Crippen LogP contribution in [0.3, 0.4) is 0 Å². The Morgan fingerprint density at radius 3 is 2.58 bits per heavy atom. The van der Waals surface area contributed by atoms with Crippen molar-refractivity contribution in [3.63, 3.8) is 0 Å². The molecule has 1 aromatic heterocycles. The van der Waals surface area contributed by atoms with Crippen LogP contribution in [0.5, 0.6) is 0 Å². The second kappa shape index (κ2) is 5.47. The lowest BCUT2D eigenvalue weighted by atomic mass is 9.93. The predicted octanol–water partition coefficient (Wildman–Crippen LogP) is 1.47. The molecule has 1 N–H and O–H groups in total. The SMILES string of the molecule is O=C(NC1CCC1)N1CCN(c2ccccn2)CC1. The lowest BCUT2D eigenvalue weighted by molar-refractivity contribution is 0.183. The molecule has 0 unspecified atom stereocenters. The molecule has 1 aromatic rings. The second-order valence-electron chi connectivity index (χ2n) is 5.24. The van der Waals surface area contributed by atoms with E-state index >= 15 is 0 Å². The van der Waals surface area contributed by atoms with E-state index in [1.54, 1.807) is 0 Å². The Bertz CT molecular complexity index is 424. The molecule has 1 saturated carbocycles. The van der Waals surface area contributed by atoms with E-state index in [4.69, 9.17) is 0 Å². The first-order valence-electron chi connectivity index (χ1n) is 7.04. The minimum absolute atomic E-state index is 0.102. The summed E-state index contributed by atoms with van der Waals surface area (Å²) in [6, 6.07) is 6.46. The Labute approximate surface area is 113 Å². The van der Waals surface area contributed by atoms with E-state index in [0.29, 0.717) is 6.04 Å². The zero-order valence-corrected chi connectivity index (χ0v) is 11.1. The topological polar surface area (TPSA) is 48.5 Å². The number of aromatic nitrogens is 1. The Morgan fingerprint density at radius 2 is 2.00 bits per heavy atom. The van der Waals surface area contributed by atoms with E-state index < -0.39 is 0 Å². The third kappa shape index (κ3) is 2.80. The molecular weight excluding hydrogens is 240 g/mol. The summed E-state index contributed by atoms with van der Waals surface area (Å²) in [5, 5.41) is 3.09. The van der Waals surface area contributed by atoms with E-state index in [9.17, 15) is 4.79 Å². The monoisotopic (exact) mass is 260 g/mol. The Kier molecular flexibility index (Phi) is 3.53. The standard InChI is InChI=1S/C14H20N4O/c19-14(16-12-4-3-5-12)18-10-8-17(9-11-18)13-6-1-2-7-15-13/h1-2,6-7,12H,3-5,8-11H2,(H,16,19). The van der Waals surface area contributed by atoms with Gasteiger partial charge in [0.05, 0.1) is 0 Å². The van der Waals surface area contributed by atoms with Crippen molar-refractivity contribution in [3.05, 3.63) is 24.4 Å². The van der Waals surface area contributed by atoms with Crippen LogP contribution < -0.4 is 10.2 Å². The average molecular weight is 260 g/mol. The molecule has 2 aliphatic rings. The summed E-state index contributed by atoms with van der Waals surface area (Å²) >= 11 is 0. The molecule has 2 fully saturated rings. The normalized spacial score (nSPS) is 20.0. The maximum atomic E-state index is 12.0. The molecule has 0 bridgehead atoms. The van der Waals surface area contributed by atoms with Crippen molar-refractivity contribution in [2.24, 2.45) is 0 Å². The number of rotatable bonds is 2. The fraction of sp³-hybridized carbons (Fsp3) is 0.571. The van der Waals surface area contributed by atoms with Gasteiger partial charge in [0, 0.05) is 38.4 Å². The molecule has 0 atom stereocenters. The molecule has 5 heteroatoms. The number of urea groups is 1. The highest BCUT2D eigenvalue weighted by Crippen LogP contribution is 2.19. The van der Waals surface area contributed by atoms with Crippen LogP contribution in [0.4, 0.5) is 10.6 Å². The zero-order chi connectivity index (χ0) is 13.1. The van der Waals surface area contributed by atoms with Crippen LogP contribution in [0.25, 0.3) is 0 Å². The number of nitrogens with one attached hydrogen (secondary N) is 1. The molecule has 3 rings (SSSR count). The van der Waals surface area contributed by atoms with Crippen LogP contribution >= 0.6 is 0 Å². The minimum atomic E-state index is 0.102. The number of anilines is 1. The number of carbonyl (C=O) groups is 1. The van der Waals surface area contributed by atoms with Gasteiger partial charge in [0.2, 0.25) is 0 Å². The van der Waals surface area contributed by atoms with Crippen LogP contribution in [0.1, 0.15) is 19.3 Å². The number of pyridine rings is 1. The maximum Gasteiger partial charge on any atom is 0.317 e.